The van der Waals surface area contributed by atoms with Crippen LogP contribution in [-0.2, 0) is 16.1 Å². The quantitative estimate of drug-likeness (QED) is 0.636. The predicted octanol–water partition coefficient (Wildman–Crippen LogP) is 4.46. The van der Waals surface area contributed by atoms with Crippen molar-refractivity contribution < 1.29 is 14.3 Å². The molecular weight excluding hydrogens is 376 g/mol. The van der Waals surface area contributed by atoms with Gasteiger partial charge < -0.3 is 14.8 Å². The van der Waals surface area contributed by atoms with Crippen LogP contribution < -0.4 is 5.32 Å². The number of hydrogen-bond donors (Lipinski definition) is 1. The summed E-state index contributed by atoms with van der Waals surface area (Å²) in [5.41, 5.74) is 1.76. The minimum Gasteiger partial charge on any atom is -0.455 e. The first-order valence-electron chi connectivity index (χ1n) is 10.4. The van der Waals surface area contributed by atoms with Crippen LogP contribution >= 0.6 is 0 Å². The molecule has 3 aromatic rings. The van der Waals surface area contributed by atoms with Crippen molar-refractivity contribution in [1.29, 1.82) is 0 Å². The Bertz CT molecular complexity index is 1030. The van der Waals surface area contributed by atoms with Crippen LogP contribution in [0, 0.1) is 0 Å². The standard InChI is InChI=1S/C25H28N2O3/c1-25(2,3)30-24(28)23-20-12-8-7-11-18(20)13-19(27-23)16-29-22-15-26-14-21(22)17-9-5-4-6-10-17/h4-13,21-22,26H,14-16H2,1-3H3. The van der Waals surface area contributed by atoms with E-state index in [0.717, 1.165) is 29.6 Å². The van der Waals surface area contributed by atoms with E-state index < -0.39 is 11.6 Å². The molecule has 0 amide bonds. The van der Waals surface area contributed by atoms with Crippen molar-refractivity contribution in [3.05, 3.63) is 77.6 Å². The minimum absolute atomic E-state index is 0.0608. The first-order valence-corrected chi connectivity index (χ1v) is 10.4. The Kier molecular flexibility index (Phi) is 5.84. The van der Waals surface area contributed by atoms with E-state index >= 15 is 0 Å². The molecule has 1 aromatic heterocycles. The molecule has 1 aliphatic heterocycles. The number of aromatic nitrogens is 1. The smallest absolute Gasteiger partial charge is 0.358 e. The van der Waals surface area contributed by atoms with Crippen molar-refractivity contribution in [2.24, 2.45) is 0 Å². The average molecular weight is 405 g/mol. The second-order valence-corrected chi connectivity index (χ2v) is 8.71. The Labute approximate surface area is 177 Å². The molecule has 0 saturated carbocycles. The molecule has 156 valence electrons. The van der Waals surface area contributed by atoms with Crippen LogP contribution in [0.2, 0.25) is 0 Å². The minimum atomic E-state index is -0.579. The lowest BCUT2D eigenvalue weighted by Crippen LogP contribution is -2.25. The number of carbonyl (C=O) groups is 1. The Morgan fingerprint density at radius 1 is 1.07 bits per heavy atom. The van der Waals surface area contributed by atoms with Gasteiger partial charge in [0.25, 0.3) is 0 Å². The van der Waals surface area contributed by atoms with Crippen LogP contribution in [0.15, 0.2) is 60.7 Å². The number of benzene rings is 2. The molecular formula is C25H28N2O3. The number of rotatable bonds is 5. The SMILES string of the molecule is CC(C)(C)OC(=O)c1nc(COC2CNCC2c2ccccc2)cc2ccccc12. The first-order chi connectivity index (χ1) is 14.4. The van der Waals surface area contributed by atoms with Crippen LogP contribution in [-0.4, -0.2) is 35.7 Å². The maximum Gasteiger partial charge on any atom is 0.358 e. The van der Waals surface area contributed by atoms with Crippen LogP contribution in [0.3, 0.4) is 0 Å². The monoisotopic (exact) mass is 404 g/mol. The van der Waals surface area contributed by atoms with Crippen molar-refractivity contribution in [3.8, 4) is 0 Å². The number of ether oxygens (including phenoxy) is 2. The summed E-state index contributed by atoms with van der Waals surface area (Å²) in [6.07, 6.45) is 0.0608. The van der Waals surface area contributed by atoms with Gasteiger partial charge in [-0.3, -0.25) is 0 Å². The molecule has 2 heterocycles. The molecule has 0 bridgehead atoms. The number of nitrogens with zero attached hydrogens (tertiary/aromatic N) is 1. The van der Waals surface area contributed by atoms with Gasteiger partial charge in [0, 0.05) is 24.4 Å². The zero-order valence-electron chi connectivity index (χ0n) is 17.7. The molecule has 2 aromatic carbocycles. The van der Waals surface area contributed by atoms with Crippen LogP contribution in [0.5, 0.6) is 0 Å². The number of hydrogen-bond acceptors (Lipinski definition) is 5. The molecule has 5 heteroatoms. The second-order valence-electron chi connectivity index (χ2n) is 8.71. The maximum absolute atomic E-state index is 12.8. The van der Waals surface area contributed by atoms with E-state index in [1.807, 2.05) is 57.2 Å². The molecule has 1 fully saturated rings. The van der Waals surface area contributed by atoms with Crippen molar-refractivity contribution in [1.82, 2.24) is 10.3 Å². The summed E-state index contributed by atoms with van der Waals surface area (Å²) >= 11 is 0. The van der Waals surface area contributed by atoms with Crippen molar-refractivity contribution in [2.45, 2.75) is 45.0 Å². The third-order valence-electron chi connectivity index (χ3n) is 5.22. The highest BCUT2D eigenvalue weighted by atomic mass is 16.6. The van der Waals surface area contributed by atoms with E-state index in [1.165, 1.54) is 5.56 Å². The Balaban J connectivity index is 1.56. The third kappa shape index (κ3) is 4.69. The molecule has 4 rings (SSSR count). The van der Waals surface area contributed by atoms with E-state index in [2.05, 4.69) is 34.6 Å². The van der Waals surface area contributed by atoms with Gasteiger partial charge in [0.15, 0.2) is 5.69 Å². The summed E-state index contributed by atoms with van der Waals surface area (Å²) in [5, 5.41) is 5.17. The Morgan fingerprint density at radius 2 is 1.80 bits per heavy atom. The van der Waals surface area contributed by atoms with Gasteiger partial charge in [0.05, 0.1) is 18.4 Å². The van der Waals surface area contributed by atoms with Crippen molar-refractivity contribution >= 4 is 16.7 Å². The molecule has 2 unspecified atom stereocenters. The Morgan fingerprint density at radius 3 is 2.57 bits per heavy atom. The van der Waals surface area contributed by atoms with Crippen LogP contribution in [0.25, 0.3) is 10.8 Å². The van der Waals surface area contributed by atoms with E-state index in [-0.39, 0.29) is 6.10 Å². The van der Waals surface area contributed by atoms with E-state index in [1.54, 1.807) is 0 Å². The second kappa shape index (κ2) is 8.54. The van der Waals surface area contributed by atoms with Crippen molar-refractivity contribution in [2.75, 3.05) is 13.1 Å². The lowest BCUT2D eigenvalue weighted by atomic mass is 9.96. The zero-order valence-corrected chi connectivity index (χ0v) is 17.7. The van der Waals surface area contributed by atoms with Crippen molar-refractivity contribution in [3.63, 3.8) is 0 Å². The molecule has 1 N–H and O–H groups in total. The summed E-state index contributed by atoms with van der Waals surface area (Å²) in [7, 11) is 0. The molecule has 1 saturated heterocycles. The summed E-state index contributed by atoms with van der Waals surface area (Å²) in [6, 6.07) is 20.2. The van der Waals surface area contributed by atoms with E-state index in [9.17, 15) is 4.79 Å². The van der Waals surface area contributed by atoms with Gasteiger partial charge >= 0.3 is 5.97 Å². The lowest BCUT2D eigenvalue weighted by molar-refractivity contribution is 0.00635. The maximum atomic E-state index is 12.8. The number of pyridine rings is 1. The predicted molar refractivity (Wildman–Crippen MR) is 118 cm³/mol. The normalized spacial score (nSPS) is 19.2. The highest BCUT2D eigenvalue weighted by Gasteiger charge is 2.29. The van der Waals surface area contributed by atoms with Gasteiger partial charge in [-0.1, -0.05) is 54.6 Å². The van der Waals surface area contributed by atoms with Gasteiger partial charge in [-0.2, -0.15) is 0 Å². The first kappa shape index (κ1) is 20.5. The highest BCUT2D eigenvalue weighted by molar-refractivity contribution is 6.02. The molecule has 0 spiro atoms. The van der Waals surface area contributed by atoms with Gasteiger partial charge in [-0.15, -0.1) is 0 Å². The Hall–Kier alpha value is -2.76. The largest absolute Gasteiger partial charge is 0.455 e. The average Bonchev–Trinajstić information content (AvgIpc) is 3.19. The number of carbonyl (C=O) groups excluding carboxylic acids is 1. The number of fused-ring (bicyclic) bond motifs is 1. The van der Waals surface area contributed by atoms with Crippen LogP contribution in [0.4, 0.5) is 0 Å². The summed E-state index contributed by atoms with van der Waals surface area (Å²) < 4.78 is 11.9. The van der Waals surface area contributed by atoms with Crippen LogP contribution in [0.1, 0.15) is 48.4 Å². The van der Waals surface area contributed by atoms with Gasteiger partial charge in [0.1, 0.15) is 5.60 Å². The fourth-order valence-corrected chi connectivity index (χ4v) is 3.87. The third-order valence-corrected chi connectivity index (χ3v) is 5.22. The number of esters is 1. The van der Waals surface area contributed by atoms with Gasteiger partial charge in [-0.25, -0.2) is 9.78 Å². The van der Waals surface area contributed by atoms with Gasteiger partial charge in [0.2, 0.25) is 0 Å². The molecule has 2 atom stereocenters. The molecule has 1 aliphatic rings. The molecule has 30 heavy (non-hydrogen) atoms. The summed E-state index contributed by atoms with van der Waals surface area (Å²) in [5.74, 6) is -0.109. The molecule has 0 aliphatic carbocycles. The zero-order chi connectivity index (χ0) is 21.1. The molecule has 0 radical (unpaired) electrons. The summed E-state index contributed by atoms with van der Waals surface area (Å²) in [6.45, 7) is 7.61. The number of nitrogens with one attached hydrogen (secondary N) is 1. The lowest BCUT2D eigenvalue weighted by Gasteiger charge is -2.21. The fraction of sp³-hybridized carbons (Fsp3) is 0.360. The highest BCUT2D eigenvalue weighted by Crippen LogP contribution is 2.27. The van der Waals surface area contributed by atoms with Gasteiger partial charge in [-0.05, 0) is 37.8 Å². The topological polar surface area (TPSA) is 60.5 Å². The van der Waals surface area contributed by atoms with E-state index in [4.69, 9.17) is 9.47 Å². The summed E-state index contributed by atoms with van der Waals surface area (Å²) in [4.78, 5) is 17.4. The fourth-order valence-electron chi connectivity index (χ4n) is 3.87. The van der Waals surface area contributed by atoms with E-state index in [0.29, 0.717) is 18.2 Å². The molecule has 5 nitrogen and oxygen atoms in total.